The van der Waals surface area contributed by atoms with E-state index in [1.165, 1.54) is 0 Å². The molecule has 0 saturated carbocycles. The highest BCUT2D eigenvalue weighted by molar-refractivity contribution is 6.42. The first-order chi connectivity index (χ1) is 9.11. The second-order valence-electron chi connectivity index (χ2n) is 4.32. The quantitative estimate of drug-likeness (QED) is 0.889. The van der Waals surface area contributed by atoms with Crippen LogP contribution in [0.5, 0.6) is 0 Å². The van der Waals surface area contributed by atoms with Crippen LogP contribution in [0.25, 0.3) is 0 Å². The number of benzene rings is 1. The molecule has 0 bridgehead atoms. The lowest BCUT2D eigenvalue weighted by Gasteiger charge is -2.15. The predicted octanol–water partition coefficient (Wildman–Crippen LogP) is 4.39. The Kier molecular flexibility index (Phi) is 4.86. The van der Waals surface area contributed by atoms with Crippen molar-refractivity contribution in [2.24, 2.45) is 0 Å². The van der Waals surface area contributed by atoms with Gasteiger partial charge in [0.05, 0.1) is 22.8 Å². The minimum Gasteiger partial charge on any atom is -0.444 e. The molecule has 1 aromatic heterocycles. The van der Waals surface area contributed by atoms with Crippen LogP contribution < -0.4 is 5.32 Å². The smallest absolute Gasteiger partial charge is 0.208 e. The molecule has 0 aliphatic heterocycles. The number of hydrogen-bond acceptors (Lipinski definition) is 3. The Morgan fingerprint density at radius 3 is 2.84 bits per heavy atom. The Morgan fingerprint density at radius 1 is 1.37 bits per heavy atom. The van der Waals surface area contributed by atoms with E-state index in [1.54, 1.807) is 12.3 Å². The van der Waals surface area contributed by atoms with Crippen molar-refractivity contribution < 1.29 is 4.42 Å². The number of nitrogens with one attached hydrogen (secondary N) is 1. The fraction of sp³-hybridized carbons (Fsp3) is 0.357. The van der Waals surface area contributed by atoms with Crippen LogP contribution in [0.4, 0.5) is 0 Å². The summed E-state index contributed by atoms with van der Waals surface area (Å²) in [6, 6.07) is 5.70. The van der Waals surface area contributed by atoms with Gasteiger partial charge in [0, 0.05) is 12.5 Å². The Morgan fingerprint density at radius 2 is 2.16 bits per heavy atom. The molecule has 1 heterocycles. The molecular weight excluding hydrogens is 283 g/mol. The highest BCUT2D eigenvalue weighted by Crippen LogP contribution is 2.29. The number of hydrogen-bond donors (Lipinski definition) is 1. The molecule has 3 nitrogen and oxygen atoms in total. The van der Waals surface area contributed by atoms with Crippen LogP contribution in [0.3, 0.4) is 0 Å². The first kappa shape index (κ1) is 14.4. The average molecular weight is 299 g/mol. The van der Waals surface area contributed by atoms with Gasteiger partial charge in [0.15, 0.2) is 0 Å². The summed E-state index contributed by atoms with van der Waals surface area (Å²) in [5.74, 6) is 1.58. The summed E-state index contributed by atoms with van der Waals surface area (Å²) in [5.41, 5.74) is 0.969. The largest absolute Gasteiger partial charge is 0.444 e. The molecule has 0 fully saturated rings. The summed E-state index contributed by atoms with van der Waals surface area (Å²) in [4.78, 5) is 4.20. The molecule has 5 heteroatoms. The van der Waals surface area contributed by atoms with Gasteiger partial charge in [-0.1, -0.05) is 42.3 Å². The topological polar surface area (TPSA) is 38.1 Å². The summed E-state index contributed by atoms with van der Waals surface area (Å²) < 4.78 is 5.54. The van der Waals surface area contributed by atoms with Crippen LogP contribution in [0.1, 0.15) is 37.1 Å². The van der Waals surface area contributed by atoms with E-state index < -0.39 is 0 Å². The van der Waals surface area contributed by atoms with Gasteiger partial charge in [-0.05, 0) is 18.6 Å². The Bertz CT molecular complexity index is 554. The fourth-order valence-electron chi connectivity index (χ4n) is 1.80. The van der Waals surface area contributed by atoms with Crippen molar-refractivity contribution in [2.75, 3.05) is 0 Å². The lowest BCUT2D eigenvalue weighted by molar-refractivity contribution is 0.424. The number of oxazole rings is 1. The van der Waals surface area contributed by atoms with Crippen LogP contribution >= 0.6 is 23.2 Å². The van der Waals surface area contributed by atoms with Crippen molar-refractivity contribution in [1.82, 2.24) is 10.3 Å². The number of aromatic nitrogens is 1. The Balaban J connectivity index is 2.01. The van der Waals surface area contributed by atoms with Gasteiger partial charge >= 0.3 is 0 Å². The molecule has 102 valence electrons. The van der Waals surface area contributed by atoms with Crippen molar-refractivity contribution in [2.45, 2.75) is 32.9 Å². The number of aryl methyl sites for hydroxylation is 1. The molecule has 0 aliphatic carbocycles. The molecule has 1 atom stereocenters. The molecule has 1 aromatic carbocycles. The number of rotatable bonds is 5. The molecular formula is C14H16Cl2N2O. The maximum Gasteiger partial charge on any atom is 0.208 e. The summed E-state index contributed by atoms with van der Waals surface area (Å²) in [6.45, 7) is 4.62. The SMILES string of the molecule is CCc1cnc(CNC(C)c2cccc(Cl)c2Cl)o1. The summed E-state index contributed by atoms with van der Waals surface area (Å²) >= 11 is 12.2. The average Bonchev–Trinajstić information content (AvgIpc) is 2.87. The van der Waals surface area contributed by atoms with E-state index in [0.717, 1.165) is 17.7 Å². The molecule has 2 rings (SSSR count). The van der Waals surface area contributed by atoms with E-state index in [4.69, 9.17) is 27.6 Å². The third-order valence-corrected chi connectivity index (χ3v) is 3.79. The zero-order chi connectivity index (χ0) is 13.8. The summed E-state index contributed by atoms with van der Waals surface area (Å²) in [5, 5.41) is 4.48. The van der Waals surface area contributed by atoms with Gasteiger partial charge in [0.25, 0.3) is 0 Å². The van der Waals surface area contributed by atoms with Crippen LogP contribution in [0, 0.1) is 0 Å². The lowest BCUT2D eigenvalue weighted by Crippen LogP contribution is -2.18. The van der Waals surface area contributed by atoms with E-state index in [9.17, 15) is 0 Å². The molecule has 0 radical (unpaired) electrons. The molecule has 0 amide bonds. The second kappa shape index (κ2) is 6.42. The molecule has 19 heavy (non-hydrogen) atoms. The zero-order valence-corrected chi connectivity index (χ0v) is 12.4. The van der Waals surface area contributed by atoms with Gasteiger partial charge in [0.2, 0.25) is 5.89 Å². The number of halogens is 2. The normalized spacial score (nSPS) is 12.6. The van der Waals surface area contributed by atoms with Gasteiger partial charge in [-0.25, -0.2) is 4.98 Å². The maximum absolute atomic E-state index is 6.19. The van der Waals surface area contributed by atoms with E-state index >= 15 is 0 Å². The van der Waals surface area contributed by atoms with Gasteiger partial charge in [-0.15, -0.1) is 0 Å². The molecule has 1 unspecified atom stereocenters. The monoisotopic (exact) mass is 298 g/mol. The summed E-state index contributed by atoms with van der Waals surface area (Å²) in [6.07, 6.45) is 2.61. The minimum absolute atomic E-state index is 0.0724. The van der Waals surface area contributed by atoms with Gasteiger partial charge < -0.3 is 9.73 Å². The molecule has 2 aromatic rings. The third-order valence-electron chi connectivity index (χ3n) is 2.96. The molecule has 1 N–H and O–H groups in total. The van der Waals surface area contributed by atoms with Crippen molar-refractivity contribution in [3.05, 3.63) is 51.7 Å². The number of nitrogens with zero attached hydrogens (tertiary/aromatic N) is 1. The van der Waals surface area contributed by atoms with Gasteiger partial charge in [0.1, 0.15) is 5.76 Å². The maximum atomic E-state index is 6.19. The Hall–Kier alpha value is -1.03. The fourth-order valence-corrected chi connectivity index (χ4v) is 2.27. The molecule has 0 aliphatic rings. The van der Waals surface area contributed by atoms with Crippen molar-refractivity contribution in [3.63, 3.8) is 0 Å². The van der Waals surface area contributed by atoms with E-state index in [0.29, 0.717) is 22.5 Å². The van der Waals surface area contributed by atoms with Crippen molar-refractivity contribution in [3.8, 4) is 0 Å². The van der Waals surface area contributed by atoms with E-state index in [-0.39, 0.29) is 6.04 Å². The highest BCUT2D eigenvalue weighted by Gasteiger charge is 2.12. The van der Waals surface area contributed by atoms with Gasteiger partial charge in [-0.3, -0.25) is 0 Å². The molecule has 0 saturated heterocycles. The standard InChI is InChI=1S/C14H16Cl2N2O/c1-3-10-7-18-13(19-10)8-17-9(2)11-5-4-6-12(15)14(11)16/h4-7,9,17H,3,8H2,1-2H3. The van der Waals surface area contributed by atoms with Crippen molar-refractivity contribution in [1.29, 1.82) is 0 Å². The zero-order valence-electron chi connectivity index (χ0n) is 10.9. The summed E-state index contributed by atoms with van der Waals surface area (Å²) in [7, 11) is 0. The van der Waals surface area contributed by atoms with Crippen LogP contribution in [0.15, 0.2) is 28.8 Å². The van der Waals surface area contributed by atoms with Crippen molar-refractivity contribution >= 4 is 23.2 Å². The highest BCUT2D eigenvalue weighted by atomic mass is 35.5. The lowest BCUT2D eigenvalue weighted by atomic mass is 10.1. The van der Waals surface area contributed by atoms with Crippen LogP contribution in [-0.2, 0) is 13.0 Å². The second-order valence-corrected chi connectivity index (χ2v) is 5.10. The first-order valence-corrected chi connectivity index (χ1v) is 6.98. The first-order valence-electron chi connectivity index (χ1n) is 6.22. The predicted molar refractivity (Wildman–Crippen MR) is 77.6 cm³/mol. The van der Waals surface area contributed by atoms with Crippen LogP contribution in [-0.4, -0.2) is 4.98 Å². The molecule has 0 spiro atoms. The Labute approximate surface area is 122 Å². The van der Waals surface area contributed by atoms with E-state index in [1.807, 2.05) is 26.0 Å². The van der Waals surface area contributed by atoms with Gasteiger partial charge in [-0.2, -0.15) is 0 Å². The van der Waals surface area contributed by atoms with E-state index in [2.05, 4.69) is 10.3 Å². The minimum atomic E-state index is 0.0724. The van der Waals surface area contributed by atoms with Crippen LogP contribution in [0.2, 0.25) is 10.0 Å². The third kappa shape index (κ3) is 3.50.